The minimum atomic E-state index is 0.0352. The van der Waals surface area contributed by atoms with Crippen LogP contribution in [-0.4, -0.2) is 20.3 Å². The zero-order chi connectivity index (χ0) is 13.9. The van der Waals surface area contributed by atoms with E-state index in [1.807, 2.05) is 37.4 Å². The number of hydrogen-bond acceptors (Lipinski definition) is 4. The van der Waals surface area contributed by atoms with Gasteiger partial charge in [0.15, 0.2) is 0 Å². The summed E-state index contributed by atoms with van der Waals surface area (Å²) in [4.78, 5) is 0. The average molecular weight is 273 g/mol. The van der Waals surface area contributed by atoms with Gasteiger partial charge in [-0.15, -0.1) is 0 Å². The maximum absolute atomic E-state index is 6.03. The van der Waals surface area contributed by atoms with Gasteiger partial charge in [0, 0.05) is 13.5 Å². The molecule has 2 atom stereocenters. The SMILES string of the molecule is CNC(c1ccc(COC)o1)C1Cc2ccccc2O1. The molecule has 1 aliphatic heterocycles. The van der Waals surface area contributed by atoms with Crippen LogP contribution in [0.15, 0.2) is 40.8 Å². The molecule has 0 aliphatic carbocycles. The van der Waals surface area contributed by atoms with Gasteiger partial charge in [-0.25, -0.2) is 0 Å². The Morgan fingerprint density at radius 1 is 1.30 bits per heavy atom. The van der Waals surface area contributed by atoms with E-state index >= 15 is 0 Å². The number of furan rings is 1. The molecule has 2 unspecified atom stereocenters. The molecule has 2 heterocycles. The Kier molecular flexibility index (Phi) is 3.76. The van der Waals surface area contributed by atoms with Crippen molar-refractivity contribution < 1.29 is 13.9 Å². The van der Waals surface area contributed by atoms with E-state index in [-0.39, 0.29) is 12.1 Å². The highest BCUT2D eigenvalue weighted by Crippen LogP contribution is 2.34. The van der Waals surface area contributed by atoms with Crippen molar-refractivity contribution in [1.29, 1.82) is 0 Å². The predicted octanol–water partition coefficient (Wildman–Crippen LogP) is 2.69. The lowest BCUT2D eigenvalue weighted by molar-refractivity contribution is 0.147. The fourth-order valence-corrected chi connectivity index (χ4v) is 2.69. The molecular formula is C16H19NO3. The minimum absolute atomic E-state index is 0.0352. The van der Waals surface area contributed by atoms with E-state index in [1.165, 1.54) is 5.56 Å². The maximum atomic E-state index is 6.03. The molecule has 0 saturated carbocycles. The molecule has 1 aromatic carbocycles. The van der Waals surface area contributed by atoms with E-state index in [2.05, 4.69) is 11.4 Å². The number of ether oxygens (including phenoxy) is 2. The quantitative estimate of drug-likeness (QED) is 0.909. The van der Waals surface area contributed by atoms with Crippen molar-refractivity contribution in [1.82, 2.24) is 5.32 Å². The van der Waals surface area contributed by atoms with Crippen LogP contribution in [0.25, 0.3) is 0 Å². The number of likely N-dealkylation sites (N-methyl/N-ethyl adjacent to an activating group) is 1. The largest absolute Gasteiger partial charge is 0.488 e. The summed E-state index contributed by atoms with van der Waals surface area (Å²) in [6.07, 6.45) is 0.945. The molecule has 0 spiro atoms. The first-order chi connectivity index (χ1) is 9.81. The summed E-state index contributed by atoms with van der Waals surface area (Å²) in [5.41, 5.74) is 1.25. The molecule has 20 heavy (non-hydrogen) atoms. The first-order valence-corrected chi connectivity index (χ1v) is 6.81. The molecule has 1 N–H and O–H groups in total. The molecular weight excluding hydrogens is 254 g/mol. The summed E-state index contributed by atoms with van der Waals surface area (Å²) in [6, 6.07) is 12.1. The first-order valence-electron chi connectivity index (χ1n) is 6.81. The highest BCUT2D eigenvalue weighted by Gasteiger charge is 2.32. The Balaban J connectivity index is 1.77. The van der Waals surface area contributed by atoms with Crippen LogP contribution in [0.1, 0.15) is 23.1 Å². The van der Waals surface area contributed by atoms with Gasteiger partial charge in [-0.05, 0) is 30.8 Å². The van der Waals surface area contributed by atoms with E-state index in [9.17, 15) is 0 Å². The van der Waals surface area contributed by atoms with E-state index in [0.717, 1.165) is 23.7 Å². The molecule has 0 radical (unpaired) electrons. The van der Waals surface area contributed by atoms with Crippen LogP contribution in [-0.2, 0) is 17.8 Å². The second-order valence-corrected chi connectivity index (χ2v) is 4.97. The molecule has 0 fully saturated rings. The standard InChI is InChI=1S/C16H19NO3/c1-17-16(14-8-7-12(19-14)10-18-2)15-9-11-5-3-4-6-13(11)20-15/h3-8,15-17H,9-10H2,1-2H3. The molecule has 2 aromatic rings. The molecule has 0 bridgehead atoms. The normalized spacial score (nSPS) is 18.6. The van der Waals surface area contributed by atoms with Crippen molar-refractivity contribution in [3.63, 3.8) is 0 Å². The Hall–Kier alpha value is -1.78. The van der Waals surface area contributed by atoms with Crippen LogP contribution in [0.3, 0.4) is 0 Å². The summed E-state index contributed by atoms with van der Waals surface area (Å²) >= 11 is 0. The number of rotatable bonds is 5. The third-order valence-electron chi connectivity index (χ3n) is 3.63. The molecule has 1 aliphatic rings. The highest BCUT2D eigenvalue weighted by molar-refractivity contribution is 5.38. The van der Waals surface area contributed by atoms with Gasteiger partial charge >= 0.3 is 0 Å². The van der Waals surface area contributed by atoms with Gasteiger partial charge in [-0.3, -0.25) is 0 Å². The van der Waals surface area contributed by atoms with Crippen LogP contribution < -0.4 is 10.1 Å². The van der Waals surface area contributed by atoms with E-state index < -0.39 is 0 Å². The summed E-state index contributed by atoms with van der Waals surface area (Å²) in [5.74, 6) is 2.69. The predicted molar refractivity (Wildman–Crippen MR) is 75.8 cm³/mol. The smallest absolute Gasteiger partial charge is 0.129 e. The fourth-order valence-electron chi connectivity index (χ4n) is 2.69. The van der Waals surface area contributed by atoms with Gasteiger partial charge in [0.05, 0.1) is 0 Å². The third kappa shape index (κ3) is 2.44. The van der Waals surface area contributed by atoms with Crippen LogP contribution in [0.4, 0.5) is 0 Å². The number of hydrogen-bond donors (Lipinski definition) is 1. The van der Waals surface area contributed by atoms with Gasteiger partial charge in [-0.2, -0.15) is 0 Å². The van der Waals surface area contributed by atoms with Crippen molar-refractivity contribution in [3.05, 3.63) is 53.5 Å². The zero-order valence-electron chi connectivity index (χ0n) is 11.8. The van der Waals surface area contributed by atoms with Crippen molar-refractivity contribution >= 4 is 0 Å². The van der Waals surface area contributed by atoms with Crippen molar-refractivity contribution in [2.75, 3.05) is 14.2 Å². The lowest BCUT2D eigenvalue weighted by Crippen LogP contribution is -2.32. The zero-order valence-corrected chi connectivity index (χ0v) is 11.8. The first kappa shape index (κ1) is 13.2. The molecule has 0 amide bonds. The van der Waals surface area contributed by atoms with Crippen molar-refractivity contribution in [2.45, 2.75) is 25.2 Å². The van der Waals surface area contributed by atoms with Crippen LogP contribution >= 0.6 is 0 Å². The Bertz CT molecular complexity index is 554. The summed E-state index contributed by atoms with van der Waals surface area (Å²) in [5, 5.41) is 3.29. The number of benzene rings is 1. The lowest BCUT2D eigenvalue weighted by Gasteiger charge is -2.20. The third-order valence-corrected chi connectivity index (χ3v) is 3.63. The monoisotopic (exact) mass is 273 g/mol. The van der Waals surface area contributed by atoms with Crippen LogP contribution in [0, 0.1) is 0 Å². The minimum Gasteiger partial charge on any atom is -0.488 e. The second kappa shape index (κ2) is 5.69. The molecule has 4 heteroatoms. The van der Waals surface area contributed by atoms with Crippen LogP contribution in [0.5, 0.6) is 5.75 Å². The second-order valence-electron chi connectivity index (χ2n) is 4.97. The number of fused-ring (bicyclic) bond motifs is 1. The number of methoxy groups -OCH3 is 1. The average Bonchev–Trinajstić information content (AvgIpc) is 3.07. The summed E-state index contributed by atoms with van der Waals surface area (Å²) in [6.45, 7) is 0.488. The van der Waals surface area contributed by atoms with E-state index in [1.54, 1.807) is 7.11 Å². The van der Waals surface area contributed by atoms with Crippen molar-refractivity contribution in [2.24, 2.45) is 0 Å². The Morgan fingerprint density at radius 2 is 2.15 bits per heavy atom. The molecule has 3 rings (SSSR count). The molecule has 1 aromatic heterocycles. The summed E-state index contributed by atoms with van der Waals surface area (Å²) < 4.78 is 16.9. The maximum Gasteiger partial charge on any atom is 0.129 e. The Morgan fingerprint density at radius 3 is 2.90 bits per heavy atom. The van der Waals surface area contributed by atoms with Crippen LogP contribution in [0.2, 0.25) is 0 Å². The van der Waals surface area contributed by atoms with Gasteiger partial charge in [0.1, 0.15) is 36.0 Å². The topological polar surface area (TPSA) is 43.6 Å². The van der Waals surface area contributed by atoms with Gasteiger partial charge < -0.3 is 19.2 Å². The number of para-hydroxylation sites is 1. The highest BCUT2D eigenvalue weighted by atomic mass is 16.5. The molecule has 4 nitrogen and oxygen atoms in total. The fraction of sp³-hybridized carbons (Fsp3) is 0.375. The summed E-state index contributed by atoms with van der Waals surface area (Å²) in [7, 11) is 3.59. The van der Waals surface area contributed by atoms with Gasteiger partial charge in [0.2, 0.25) is 0 Å². The van der Waals surface area contributed by atoms with E-state index in [4.69, 9.17) is 13.9 Å². The Labute approximate surface area is 118 Å². The molecule has 106 valence electrons. The number of nitrogens with one attached hydrogen (secondary N) is 1. The van der Waals surface area contributed by atoms with Crippen molar-refractivity contribution in [3.8, 4) is 5.75 Å². The lowest BCUT2D eigenvalue weighted by atomic mass is 10.0. The van der Waals surface area contributed by atoms with Gasteiger partial charge in [0.25, 0.3) is 0 Å². The molecule has 0 saturated heterocycles. The van der Waals surface area contributed by atoms with Gasteiger partial charge in [-0.1, -0.05) is 18.2 Å². The van der Waals surface area contributed by atoms with E-state index in [0.29, 0.717) is 6.61 Å².